The maximum Gasteiger partial charge on any atom is 0.261 e. The van der Waals surface area contributed by atoms with Gasteiger partial charge in [0.15, 0.2) is 11.7 Å². The van der Waals surface area contributed by atoms with Gasteiger partial charge in [0.1, 0.15) is 11.3 Å². The molecule has 1 aliphatic carbocycles. The van der Waals surface area contributed by atoms with Crippen LogP contribution in [0.5, 0.6) is 0 Å². The highest BCUT2D eigenvalue weighted by Crippen LogP contribution is 2.33. The van der Waals surface area contributed by atoms with E-state index >= 15 is 0 Å². The first kappa shape index (κ1) is 17.1. The molecule has 0 fully saturated rings. The van der Waals surface area contributed by atoms with Crippen molar-refractivity contribution in [3.05, 3.63) is 50.6 Å². The summed E-state index contributed by atoms with van der Waals surface area (Å²) in [5.74, 6) is 0.452. The van der Waals surface area contributed by atoms with Crippen LogP contribution in [-0.2, 0) is 13.0 Å². The minimum Gasteiger partial charge on any atom is -0.444 e. The Morgan fingerprint density at radius 2 is 2.04 bits per heavy atom. The van der Waals surface area contributed by atoms with E-state index in [0.29, 0.717) is 41.4 Å². The molecule has 0 aromatic carbocycles. The fourth-order valence-corrected chi connectivity index (χ4v) is 3.19. The summed E-state index contributed by atoms with van der Waals surface area (Å²) in [5, 5.41) is 2.64. The number of carbonyl (C=O) groups excluding carboxylic acids is 2. The minimum absolute atomic E-state index is 0.0572. The van der Waals surface area contributed by atoms with Crippen LogP contribution in [0, 0.1) is 19.3 Å². The van der Waals surface area contributed by atoms with Gasteiger partial charge in [0.25, 0.3) is 11.5 Å². The van der Waals surface area contributed by atoms with E-state index in [1.807, 2.05) is 13.8 Å². The number of aromatic nitrogens is 2. The van der Waals surface area contributed by atoms with Crippen molar-refractivity contribution in [3.8, 4) is 0 Å². The molecule has 1 amide bonds. The molecular formula is C18H21N3O4. The Kier molecular flexibility index (Phi) is 4.10. The van der Waals surface area contributed by atoms with Gasteiger partial charge in [-0.25, -0.2) is 4.98 Å². The van der Waals surface area contributed by atoms with Crippen LogP contribution in [0.15, 0.2) is 15.3 Å². The van der Waals surface area contributed by atoms with E-state index in [1.165, 1.54) is 6.07 Å². The number of Topliss-reactive ketones (excluding diaryl/α,β-unsaturated/α-hetero) is 1. The van der Waals surface area contributed by atoms with Crippen molar-refractivity contribution >= 4 is 11.7 Å². The number of oxazole rings is 1. The average Bonchev–Trinajstić information content (AvgIpc) is 2.80. The molecule has 3 rings (SSSR count). The summed E-state index contributed by atoms with van der Waals surface area (Å²) < 4.78 is 5.40. The fraction of sp³-hybridized carbons (Fsp3) is 0.444. The van der Waals surface area contributed by atoms with Gasteiger partial charge in [-0.2, -0.15) is 0 Å². The molecule has 0 spiro atoms. The number of hydrogen-bond acceptors (Lipinski definition) is 5. The third-order valence-electron chi connectivity index (χ3n) is 4.37. The Morgan fingerprint density at radius 1 is 1.32 bits per heavy atom. The zero-order valence-corrected chi connectivity index (χ0v) is 14.8. The smallest absolute Gasteiger partial charge is 0.261 e. The number of aromatic amines is 1. The summed E-state index contributed by atoms with van der Waals surface area (Å²) in [6.07, 6.45) is 0.991. The molecule has 2 heterocycles. The van der Waals surface area contributed by atoms with Crippen LogP contribution in [0.3, 0.4) is 0 Å². The standard InChI is InChI=1S/C18H21N3O4/c1-9-15(25-10(2)20-9)8-19-16(23)12-5-11-13(21-17(12)24)6-18(3,4)7-14(11)22/h5H,6-8H2,1-4H3,(H,19,23)(H,21,24). The van der Waals surface area contributed by atoms with Crippen LogP contribution in [0.25, 0.3) is 0 Å². The molecule has 25 heavy (non-hydrogen) atoms. The number of amides is 1. The lowest BCUT2D eigenvalue weighted by Crippen LogP contribution is -2.34. The number of nitrogens with one attached hydrogen (secondary N) is 2. The van der Waals surface area contributed by atoms with Gasteiger partial charge in [-0.1, -0.05) is 13.8 Å². The summed E-state index contributed by atoms with van der Waals surface area (Å²) in [5.41, 5.74) is 0.959. The number of ketones is 1. The molecule has 1 aliphatic rings. The van der Waals surface area contributed by atoms with E-state index in [4.69, 9.17) is 4.42 Å². The maximum atomic E-state index is 12.4. The Morgan fingerprint density at radius 3 is 2.68 bits per heavy atom. The van der Waals surface area contributed by atoms with Crippen molar-refractivity contribution in [3.63, 3.8) is 0 Å². The predicted octanol–water partition coefficient (Wildman–Crippen LogP) is 2.06. The van der Waals surface area contributed by atoms with E-state index in [1.54, 1.807) is 13.8 Å². The first-order valence-electron chi connectivity index (χ1n) is 8.17. The lowest BCUT2D eigenvalue weighted by Gasteiger charge is -2.29. The van der Waals surface area contributed by atoms with Crippen LogP contribution in [0.4, 0.5) is 0 Å². The summed E-state index contributed by atoms with van der Waals surface area (Å²) in [6.45, 7) is 7.59. The Labute approximate surface area is 144 Å². The van der Waals surface area contributed by atoms with Gasteiger partial charge < -0.3 is 14.7 Å². The Bertz CT molecular complexity index is 921. The summed E-state index contributed by atoms with van der Waals surface area (Å²) in [4.78, 5) is 43.8. The van der Waals surface area contributed by atoms with Crippen LogP contribution >= 0.6 is 0 Å². The van der Waals surface area contributed by atoms with Gasteiger partial charge in [-0.15, -0.1) is 0 Å². The topological polar surface area (TPSA) is 105 Å². The first-order chi connectivity index (χ1) is 11.7. The second-order valence-corrected chi connectivity index (χ2v) is 7.27. The number of H-pyrrole nitrogens is 1. The summed E-state index contributed by atoms with van der Waals surface area (Å²) in [7, 11) is 0. The maximum absolute atomic E-state index is 12.4. The van der Waals surface area contributed by atoms with Gasteiger partial charge in [-0.3, -0.25) is 14.4 Å². The number of pyridine rings is 1. The molecule has 2 aromatic heterocycles. The second-order valence-electron chi connectivity index (χ2n) is 7.27. The molecule has 0 aliphatic heterocycles. The van der Waals surface area contributed by atoms with Crippen molar-refractivity contribution in [1.82, 2.24) is 15.3 Å². The van der Waals surface area contributed by atoms with E-state index in [9.17, 15) is 14.4 Å². The number of fused-ring (bicyclic) bond motifs is 1. The van der Waals surface area contributed by atoms with Gasteiger partial charge >= 0.3 is 0 Å². The van der Waals surface area contributed by atoms with Gasteiger partial charge in [0, 0.05) is 24.6 Å². The molecule has 0 saturated carbocycles. The summed E-state index contributed by atoms with van der Waals surface area (Å²) in [6, 6.07) is 1.40. The molecule has 2 aromatic rings. The molecular weight excluding hydrogens is 322 g/mol. The monoisotopic (exact) mass is 343 g/mol. The highest BCUT2D eigenvalue weighted by atomic mass is 16.4. The lowest BCUT2D eigenvalue weighted by molar-refractivity contribution is 0.0910. The quantitative estimate of drug-likeness (QED) is 0.887. The highest BCUT2D eigenvalue weighted by molar-refractivity contribution is 6.02. The third kappa shape index (κ3) is 3.40. The molecule has 7 nitrogen and oxygen atoms in total. The third-order valence-corrected chi connectivity index (χ3v) is 4.37. The molecule has 0 saturated heterocycles. The molecule has 7 heteroatoms. The summed E-state index contributed by atoms with van der Waals surface area (Å²) >= 11 is 0. The average molecular weight is 343 g/mol. The lowest BCUT2D eigenvalue weighted by atomic mass is 9.75. The Hall–Kier alpha value is -2.70. The number of rotatable bonds is 3. The second kappa shape index (κ2) is 5.98. The van der Waals surface area contributed by atoms with Crippen molar-refractivity contribution in [2.24, 2.45) is 5.41 Å². The van der Waals surface area contributed by atoms with Crippen molar-refractivity contribution in [1.29, 1.82) is 0 Å². The number of carbonyl (C=O) groups is 2. The number of hydrogen-bond donors (Lipinski definition) is 2. The normalized spacial score (nSPS) is 15.8. The van der Waals surface area contributed by atoms with Crippen molar-refractivity contribution in [2.45, 2.75) is 47.1 Å². The molecule has 0 atom stereocenters. The van der Waals surface area contributed by atoms with Gasteiger partial charge in [0.05, 0.1) is 12.2 Å². The van der Waals surface area contributed by atoms with Gasteiger partial charge in [0.2, 0.25) is 0 Å². The molecule has 0 bridgehead atoms. The Balaban J connectivity index is 1.84. The van der Waals surface area contributed by atoms with E-state index < -0.39 is 11.5 Å². The highest BCUT2D eigenvalue weighted by Gasteiger charge is 2.32. The number of aryl methyl sites for hydroxylation is 2. The largest absolute Gasteiger partial charge is 0.444 e. The molecule has 2 N–H and O–H groups in total. The first-order valence-corrected chi connectivity index (χ1v) is 8.17. The molecule has 0 radical (unpaired) electrons. The van der Waals surface area contributed by atoms with Crippen LogP contribution < -0.4 is 10.9 Å². The van der Waals surface area contributed by atoms with Crippen molar-refractivity contribution < 1.29 is 14.0 Å². The minimum atomic E-state index is -0.546. The fourth-order valence-electron chi connectivity index (χ4n) is 3.19. The van der Waals surface area contributed by atoms with Crippen LogP contribution in [-0.4, -0.2) is 21.7 Å². The van der Waals surface area contributed by atoms with Gasteiger partial charge in [-0.05, 0) is 24.8 Å². The van der Waals surface area contributed by atoms with E-state index in [2.05, 4.69) is 15.3 Å². The van der Waals surface area contributed by atoms with E-state index in [-0.39, 0.29) is 23.3 Å². The number of nitrogens with zero attached hydrogens (tertiary/aromatic N) is 1. The van der Waals surface area contributed by atoms with Crippen LogP contribution in [0.1, 0.15) is 64.0 Å². The zero-order chi connectivity index (χ0) is 18.4. The molecule has 0 unspecified atom stereocenters. The predicted molar refractivity (Wildman–Crippen MR) is 90.6 cm³/mol. The molecule has 132 valence electrons. The van der Waals surface area contributed by atoms with Crippen molar-refractivity contribution in [2.75, 3.05) is 0 Å². The zero-order valence-electron chi connectivity index (χ0n) is 14.8. The van der Waals surface area contributed by atoms with E-state index in [0.717, 1.165) is 0 Å². The SMILES string of the molecule is Cc1nc(C)c(CNC(=O)c2cc3c([nH]c2=O)CC(C)(C)CC3=O)o1. The van der Waals surface area contributed by atoms with Crippen LogP contribution in [0.2, 0.25) is 0 Å².